The lowest BCUT2D eigenvalue weighted by atomic mass is 10.2. The van der Waals surface area contributed by atoms with Crippen LogP contribution in [-0.4, -0.2) is 43.5 Å². The number of carbonyl (C=O) groups is 1. The first-order chi connectivity index (χ1) is 9.37. The summed E-state index contributed by atoms with van der Waals surface area (Å²) < 4.78 is 43.8. The molecular formula is C12H14FNO5S. The van der Waals surface area contributed by atoms with Crippen LogP contribution in [0.4, 0.5) is 4.39 Å². The number of nitrogens with zero attached hydrogens (tertiary/aromatic N) is 1. The van der Waals surface area contributed by atoms with Crippen LogP contribution in [0.15, 0.2) is 23.1 Å². The molecule has 0 aromatic heterocycles. The molecule has 0 bridgehead atoms. The maximum absolute atomic E-state index is 13.3. The number of carboxylic acids is 1. The molecule has 1 aromatic carbocycles. The second-order valence-electron chi connectivity index (χ2n) is 4.41. The van der Waals surface area contributed by atoms with Crippen molar-refractivity contribution in [3.8, 4) is 5.75 Å². The van der Waals surface area contributed by atoms with Gasteiger partial charge < -0.3 is 9.84 Å². The van der Waals surface area contributed by atoms with E-state index >= 15 is 0 Å². The smallest absolute Gasteiger partial charge is 0.322 e. The number of hydrogen-bond acceptors (Lipinski definition) is 4. The zero-order valence-corrected chi connectivity index (χ0v) is 11.6. The molecule has 2 rings (SSSR count). The molecule has 1 aliphatic heterocycles. The summed E-state index contributed by atoms with van der Waals surface area (Å²) in [5.41, 5.74) is 0. The van der Waals surface area contributed by atoms with Crippen molar-refractivity contribution in [3.05, 3.63) is 24.0 Å². The Labute approximate surface area is 115 Å². The highest BCUT2D eigenvalue weighted by Crippen LogP contribution is 2.29. The number of aliphatic carboxylic acids is 1. The van der Waals surface area contributed by atoms with E-state index in [1.807, 2.05) is 0 Å². The summed E-state index contributed by atoms with van der Waals surface area (Å²) >= 11 is 0. The van der Waals surface area contributed by atoms with E-state index in [2.05, 4.69) is 0 Å². The molecular weight excluding hydrogens is 289 g/mol. The normalized spacial score (nSPS) is 20.0. The Bertz CT molecular complexity index is 631. The number of methoxy groups -OCH3 is 1. The van der Waals surface area contributed by atoms with Crippen molar-refractivity contribution in [2.24, 2.45) is 0 Å². The van der Waals surface area contributed by atoms with E-state index in [0.717, 1.165) is 22.5 Å². The van der Waals surface area contributed by atoms with Crippen LogP contribution in [0, 0.1) is 5.82 Å². The average molecular weight is 303 g/mol. The highest BCUT2D eigenvalue weighted by atomic mass is 32.2. The van der Waals surface area contributed by atoms with Gasteiger partial charge in [0.25, 0.3) is 0 Å². The Hall–Kier alpha value is -1.67. The fraction of sp³-hybridized carbons (Fsp3) is 0.417. The second kappa shape index (κ2) is 5.37. The first-order valence-corrected chi connectivity index (χ1v) is 7.40. The quantitative estimate of drug-likeness (QED) is 0.899. The summed E-state index contributed by atoms with van der Waals surface area (Å²) in [7, 11) is -2.75. The average Bonchev–Trinajstić information content (AvgIpc) is 2.89. The zero-order valence-electron chi connectivity index (χ0n) is 10.7. The predicted octanol–water partition coefficient (Wildman–Crippen LogP) is 1.07. The molecule has 20 heavy (non-hydrogen) atoms. The largest absolute Gasteiger partial charge is 0.494 e. The molecule has 6 nitrogen and oxygen atoms in total. The van der Waals surface area contributed by atoms with Gasteiger partial charge in [-0.2, -0.15) is 4.31 Å². The minimum atomic E-state index is -3.98. The molecule has 0 saturated carbocycles. The van der Waals surface area contributed by atoms with Crippen LogP contribution in [0.25, 0.3) is 0 Å². The molecule has 1 fully saturated rings. The summed E-state index contributed by atoms with van der Waals surface area (Å²) in [4.78, 5) is 10.9. The van der Waals surface area contributed by atoms with Gasteiger partial charge in [-0.05, 0) is 25.0 Å². The van der Waals surface area contributed by atoms with E-state index in [4.69, 9.17) is 9.84 Å². The molecule has 0 spiro atoms. The molecule has 1 atom stereocenters. The lowest BCUT2D eigenvalue weighted by molar-refractivity contribution is -0.140. The van der Waals surface area contributed by atoms with Gasteiger partial charge in [0.05, 0.1) is 12.0 Å². The maximum atomic E-state index is 13.3. The highest BCUT2D eigenvalue weighted by molar-refractivity contribution is 7.89. The van der Waals surface area contributed by atoms with E-state index in [1.165, 1.54) is 7.11 Å². The number of rotatable bonds is 4. The molecule has 0 amide bonds. The van der Waals surface area contributed by atoms with Crippen molar-refractivity contribution in [1.29, 1.82) is 0 Å². The zero-order chi connectivity index (χ0) is 14.9. The Morgan fingerprint density at radius 2 is 2.20 bits per heavy atom. The Morgan fingerprint density at radius 3 is 2.80 bits per heavy atom. The molecule has 1 N–H and O–H groups in total. The van der Waals surface area contributed by atoms with Crippen LogP contribution >= 0.6 is 0 Å². The van der Waals surface area contributed by atoms with E-state index in [9.17, 15) is 17.6 Å². The molecule has 1 heterocycles. The second-order valence-corrected chi connectivity index (χ2v) is 6.30. The first-order valence-electron chi connectivity index (χ1n) is 5.96. The van der Waals surface area contributed by atoms with Gasteiger partial charge >= 0.3 is 5.97 Å². The number of halogens is 1. The van der Waals surface area contributed by atoms with Crippen molar-refractivity contribution in [2.45, 2.75) is 23.8 Å². The number of carboxylic acid groups (broad SMARTS) is 1. The SMILES string of the molecule is COc1cc(S(=O)(=O)N2CCC[C@@H]2C(=O)O)ccc1F. The van der Waals surface area contributed by atoms with E-state index < -0.39 is 27.9 Å². The number of ether oxygens (including phenoxy) is 1. The minimum Gasteiger partial charge on any atom is -0.494 e. The standard InChI is InChI=1S/C12H14FNO5S/c1-19-11-7-8(4-5-9(11)13)20(17,18)14-6-2-3-10(14)12(15)16/h4-5,7,10H,2-3,6H2,1H3,(H,15,16)/t10-/m1/s1. The van der Waals surface area contributed by atoms with Gasteiger partial charge in [0.2, 0.25) is 10.0 Å². The van der Waals surface area contributed by atoms with E-state index in [1.54, 1.807) is 0 Å². The van der Waals surface area contributed by atoms with Crippen molar-refractivity contribution < 1.29 is 27.4 Å². The van der Waals surface area contributed by atoms with Gasteiger partial charge in [0.1, 0.15) is 6.04 Å². The van der Waals surface area contributed by atoms with Crippen LogP contribution in [0.5, 0.6) is 5.75 Å². The fourth-order valence-electron chi connectivity index (χ4n) is 2.21. The van der Waals surface area contributed by atoms with E-state index in [-0.39, 0.29) is 23.6 Å². The topological polar surface area (TPSA) is 83.9 Å². The molecule has 0 unspecified atom stereocenters. The molecule has 1 aliphatic rings. The monoisotopic (exact) mass is 303 g/mol. The molecule has 8 heteroatoms. The predicted molar refractivity (Wildman–Crippen MR) is 67.5 cm³/mol. The van der Waals surface area contributed by atoms with Crippen LogP contribution in [0.1, 0.15) is 12.8 Å². The third-order valence-corrected chi connectivity index (χ3v) is 5.12. The Kier molecular flexibility index (Phi) is 3.96. The van der Waals surface area contributed by atoms with E-state index in [0.29, 0.717) is 6.42 Å². The van der Waals surface area contributed by atoms with Crippen molar-refractivity contribution in [1.82, 2.24) is 4.31 Å². The minimum absolute atomic E-state index is 0.138. The summed E-state index contributed by atoms with van der Waals surface area (Å²) in [6.07, 6.45) is 0.751. The lowest BCUT2D eigenvalue weighted by Gasteiger charge is -2.21. The van der Waals surface area contributed by atoms with Crippen LogP contribution in [0.3, 0.4) is 0 Å². The Balaban J connectivity index is 2.42. The molecule has 110 valence electrons. The first kappa shape index (κ1) is 14.7. The molecule has 0 radical (unpaired) electrons. The maximum Gasteiger partial charge on any atom is 0.322 e. The fourth-order valence-corrected chi connectivity index (χ4v) is 3.88. The lowest BCUT2D eigenvalue weighted by Crippen LogP contribution is -2.40. The van der Waals surface area contributed by atoms with Gasteiger partial charge in [-0.15, -0.1) is 0 Å². The van der Waals surface area contributed by atoms with Crippen LogP contribution < -0.4 is 4.74 Å². The molecule has 1 saturated heterocycles. The number of benzene rings is 1. The third-order valence-electron chi connectivity index (χ3n) is 3.22. The van der Waals surface area contributed by atoms with Gasteiger partial charge in [0.15, 0.2) is 11.6 Å². The molecule has 1 aromatic rings. The van der Waals surface area contributed by atoms with Gasteiger partial charge in [-0.1, -0.05) is 0 Å². The number of hydrogen-bond donors (Lipinski definition) is 1. The van der Waals surface area contributed by atoms with Crippen molar-refractivity contribution >= 4 is 16.0 Å². The summed E-state index contributed by atoms with van der Waals surface area (Å²) in [5, 5.41) is 9.05. The summed E-state index contributed by atoms with van der Waals surface area (Å²) in [6, 6.07) is 2.07. The van der Waals surface area contributed by atoms with Gasteiger partial charge in [-0.3, -0.25) is 4.79 Å². The summed E-state index contributed by atoms with van der Waals surface area (Å²) in [5.74, 6) is -2.06. The van der Waals surface area contributed by atoms with Gasteiger partial charge in [-0.25, -0.2) is 12.8 Å². The third kappa shape index (κ3) is 2.48. The highest BCUT2D eigenvalue weighted by Gasteiger charge is 2.39. The summed E-state index contributed by atoms with van der Waals surface area (Å²) in [6.45, 7) is 0.138. The Morgan fingerprint density at radius 1 is 1.50 bits per heavy atom. The van der Waals surface area contributed by atoms with Crippen molar-refractivity contribution in [3.63, 3.8) is 0 Å². The van der Waals surface area contributed by atoms with Crippen LogP contribution in [0.2, 0.25) is 0 Å². The van der Waals surface area contributed by atoms with Crippen molar-refractivity contribution in [2.75, 3.05) is 13.7 Å². The molecule has 0 aliphatic carbocycles. The van der Waals surface area contributed by atoms with Gasteiger partial charge in [0, 0.05) is 12.6 Å². The number of sulfonamides is 1. The van der Waals surface area contributed by atoms with Crippen LogP contribution in [-0.2, 0) is 14.8 Å².